The lowest BCUT2D eigenvalue weighted by Gasteiger charge is -2.10. The van der Waals surface area contributed by atoms with Crippen LogP contribution in [0.3, 0.4) is 0 Å². The number of aryl methyl sites for hydroxylation is 1. The van der Waals surface area contributed by atoms with Gasteiger partial charge < -0.3 is 19.4 Å². The molecular weight excluding hydrogens is 529 g/mol. The zero-order chi connectivity index (χ0) is 26.5. The number of aromatic nitrogens is 3. The van der Waals surface area contributed by atoms with Crippen LogP contribution in [0, 0.1) is 13.8 Å². The molecule has 3 aromatic heterocycles. The van der Waals surface area contributed by atoms with Crippen molar-refractivity contribution in [1.82, 2.24) is 14.8 Å². The molecule has 0 aliphatic carbocycles. The highest BCUT2D eigenvalue weighted by Gasteiger charge is 2.23. The van der Waals surface area contributed by atoms with Crippen LogP contribution in [0.25, 0.3) is 22.5 Å². The first-order valence-corrected chi connectivity index (χ1v) is 14.4. The molecule has 1 N–H and O–H groups in total. The zero-order valence-electron chi connectivity index (χ0n) is 21.3. The second kappa shape index (κ2) is 11.9. The normalized spacial score (nSPS) is 10.9. The molecule has 1 amide bonds. The van der Waals surface area contributed by atoms with Gasteiger partial charge in [0.25, 0.3) is 0 Å². The zero-order valence-corrected chi connectivity index (χ0v) is 23.7. The number of esters is 1. The summed E-state index contributed by atoms with van der Waals surface area (Å²) in [5.41, 5.74) is 4.12. The quantitative estimate of drug-likeness (QED) is 0.181. The Bertz CT molecular complexity index is 1410. The summed E-state index contributed by atoms with van der Waals surface area (Å²) in [6.07, 6.45) is 0.915. The average molecular weight is 557 g/mol. The molecule has 0 radical (unpaired) electrons. The molecule has 194 valence electrons. The summed E-state index contributed by atoms with van der Waals surface area (Å²) in [4.78, 5) is 26.8. The minimum atomic E-state index is -0.510. The molecule has 8 nitrogen and oxygen atoms in total. The number of anilines is 1. The van der Waals surface area contributed by atoms with Crippen molar-refractivity contribution in [2.75, 3.05) is 25.3 Å². The highest BCUT2D eigenvalue weighted by Crippen LogP contribution is 2.37. The van der Waals surface area contributed by atoms with E-state index in [0.717, 1.165) is 29.9 Å². The molecule has 0 spiro atoms. The number of rotatable bonds is 10. The molecule has 1 aromatic carbocycles. The topological polar surface area (TPSA) is 95.3 Å². The van der Waals surface area contributed by atoms with E-state index >= 15 is 0 Å². The number of carbonyl (C=O) groups excluding carboxylic acids is 2. The van der Waals surface area contributed by atoms with Crippen molar-refractivity contribution in [1.29, 1.82) is 0 Å². The number of nitrogens with zero attached hydrogens (tertiary/aromatic N) is 3. The SMILES string of the molecule is CCCn1c(SCC(=O)Nc2scc(-c3ccc(OC)cc3)c2C(=O)OC)nnc1-c1csc(C)c1C. The van der Waals surface area contributed by atoms with E-state index in [1.54, 1.807) is 18.4 Å². The first-order chi connectivity index (χ1) is 17.9. The fourth-order valence-electron chi connectivity index (χ4n) is 3.78. The summed E-state index contributed by atoms with van der Waals surface area (Å²) in [5, 5.41) is 16.8. The monoisotopic (exact) mass is 556 g/mol. The van der Waals surface area contributed by atoms with Crippen molar-refractivity contribution in [2.24, 2.45) is 0 Å². The van der Waals surface area contributed by atoms with Gasteiger partial charge in [0.1, 0.15) is 16.3 Å². The second-order valence-electron chi connectivity index (χ2n) is 8.20. The summed E-state index contributed by atoms with van der Waals surface area (Å²) in [6.45, 7) is 7.04. The Morgan fingerprint density at radius 1 is 1.05 bits per heavy atom. The third-order valence-corrected chi connectivity index (χ3v) is 8.73. The standard InChI is InChI=1S/C26H28N4O4S3/c1-6-11-30-23(19-12-35-16(3)15(19)2)28-29-26(30)37-14-21(31)27-24-22(25(32)34-5)20(13-36-24)17-7-9-18(33-4)10-8-17/h7-10,12-13H,6,11,14H2,1-5H3,(H,27,31). The van der Waals surface area contributed by atoms with Crippen molar-refractivity contribution < 1.29 is 19.1 Å². The van der Waals surface area contributed by atoms with Crippen LogP contribution >= 0.6 is 34.4 Å². The molecule has 0 fully saturated rings. The lowest BCUT2D eigenvalue weighted by Crippen LogP contribution is -2.16. The van der Waals surface area contributed by atoms with Crippen molar-refractivity contribution in [3.8, 4) is 28.3 Å². The van der Waals surface area contributed by atoms with Crippen LogP contribution in [0.2, 0.25) is 0 Å². The molecule has 4 rings (SSSR count). The molecule has 0 saturated carbocycles. The number of thioether (sulfide) groups is 1. The molecule has 4 aromatic rings. The van der Waals surface area contributed by atoms with E-state index in [-0.39, 0.29) is 11.7 Å². The minimum absolute atomic E-state index is 0.125. The van der Waals surface area contributed by atoms with Crippen LogP contribution in [-0.4, -0.2) is 46.6 Å². The Morgan fingerprint density at radius 3 is 2.41 bits per heavy atom. The van der Waals surface area contributed by atoms with E-state index in [1.807, 2.05) is 29.6 Å². The van der Waals surface area contributed by atoms with Gasteiger partial charge in [0.15, 0.2) is 11.0 Å². The van der Waals surface area contributed by atoms with Gasteiger partial charge in [0.2, 0.25) is 5.91 Å². The van der Waals surface area contributed by atoms with E-state index in [2.05, 4.69) is 46.2 Å². The van der Waals surface area contributed by atoms with Gasteiger partial charge in [-0.2, -0.15) is 0 Å². The van der Waals surface area contributed by atoms with Gasteiger partial charge >= 0.3 is 5.97 Å². The van der Waals surface area contributed by atoms with E-state index in [0.29, 0.717) is 27.0 Å². The molecule has 0 saturated heterocycles. The number of nitrogens with one attached hydrogen (secondary N) is 1. The number of methoxy groups -OCH3 is 2. The van der Waals surface area contributed by atoms with Crippen molar-refractivity contribution >= 4 is 51.3 Å². The molecule has 11 heteroatoms. The number of hydrogen-bond acceptors (Lipinski definition) is 9. The highest BCUT2D eigenvalue weighted by atomic mass is 32.2. The van der Waals surface area contributed by atoms with E-state index in [9.17, 15) is 9.59 Å². The average Bonchev–Trinajstić information content (AvgIpc) is 3.60. The Kier molecular flexibility index (Phi) is 8.67. The summed E-state index contributed by atoms with van der Waals surface area (Å²) < 4.78 is 12.3. The molecule has 0 atom stereocenters. The van der Waals surface area contributed by atoms with E-state index in [4.69, 9.17) is 9.47 Å². The first kappa shape index (κ1) is 26.9. The third kappa shape index (κ3) is 5.73. The van der Waals surface area contributed by atoms with Gasteiger partial charge in [0.05, 0.1) is 20.0 Å². The predicted octanol–water partition coefficient (Wildman–Crippen LogP) is 6.29. The Labute approximate surface area is 228 Å². The first-order valence-electron chi connectivity index (χ1n) is 11.6. The number of hydrogen-bond donors (Lipinski definition) is 1. The van der Waals surface area contributed by atoms with Crippen molar-refractivity contribution in [2.45, 2.75) is 38.9 Å². The fourth-order valence-corrected chi connectivity index (χ4v) is 6.39. The summed E-state index contributed by atoms with van der Waals surface area (Å²) in [7, 11) is 2.93. The van der Waals surface area contributed by atoms with Crippen molar-refractivity contribution in [3.63, 3.8) is 0 Å². The maximum Gasteiger partial charge on any atom is 0.341 e. The molecular formula is C26H28N4O4S3. The summed E-state index contributed by atoms with van der Waals surface area (Å²) in [6, 6.07) is 7.37. The fraction of sp³-hybridized carbons (Fsp3) is 0.308. The third-order valence-electron chi connectivity index (χ3n) is 5.86. The largest absolute Gasteiger partial charge is 0.497 e. The highest BCUT2D eigenvalue weighted by molar-refractivity contribution is 7.99. The number of carbonyl (C=O) groups is 2. The number of benzene rings is 1. The summed E-state index contributed by atoms with van der Waals surface area (Å²) >= 11 is 4.31. The molecule has 0 unspecified atom stereocenters. The van der Waals surface area contributed by atoms with Gasteiger partial charge in [0, 0.05) is 33.3 Å². The lowest BCUT2D eigenvalue weighted by molar-refractivity contribution is -0.113. The number of amides is 1. The van der Waals surface area contributed by atoms with E-state index in [1.165, 1.54) is 40.6 Å². The Morgan fingerprint density at radius 2 is 1.78 bits per heavy atom. The van der Waals surface area contributed by atoms with E-state index < -0.39 is 5.97 Å². The number of thiophene rings is 2. The minimum Gasteiger partial charge on any atom is -0.497 e. The Hall–Kier alpha value is -3.15. The van der Waals surface area contributed by atoms with Gasteiger partial charge in [-0.25, -0.2) is 4.79 Å². The van der Waals surface area contributed by atoms with Gasteiger partial charge in [-0.05, 0) is 43.5 Å². The maximum absolute atomic E-state index is 12.9. The van der Waals surface area contributed by atoms with Crippen LogP contribution in [-0.2, 0) is 16.1 Å². The Balaban J connectivity index is 1.52. The predicted molar refractivity (Wildman–Crippen MR) is 150 cm³/mol. The van der Waals surface area contributed by atoms with Gasteiger partial charge in [-0.15, -0.1) is 32.9 Å². The molecule has 0 aliphatic heterocycles. The van der Waals surface area contributed by atoms with Crippen LogP contribution in [0.15, 0.2) is 40.2 Å². The maximum atomic E-state index is 12.9. The molecule has 3 heterocycles. The van der Waals surface area contributed by atoms with Crippen LogP contribution in [0.1, 0.15) is 34.1 Å². The van der Waals surface area contributed by atoms with Gasteiger partial charge in [-0.3, -0.25) is 4.79 Å². The summed E-state index contributed by atoms with van der Waals surface area (Å²) in [5.74, 6) is 0.909. The van der Waals surface area contributed by atoms with Crippen molar-refractivity contribution in [3.05, 3.63) is 51.0 Å². The van der Waals surface area contributed by atoms with Crippen LogP contribution in [0.4, 0.5) is 5.00 Å². The lowest BCUT2D eigenvalue weighted by atomic mass is 10.0. The van der Waals surface area contributed by atoms with Gasteiger partial charge in [-0.1, -0.05) is 30.8 Å². The molecule has 37 heavy (non-hydrogen) atoms. The van der Waals surface area contributed by atoms with Crippen LogP contribution in [0.5, 0.6) is 5.75 Å². The molecule has 0 aliphatic rings. The molecule has 0 bridgehead atoms. The smallest absolute Gasteiger partial charge is 0.341 e. The number of ether oxygens (including phenoxy) is 2. The van der Waals surface area contributed by atoms with Crippen LogP contribution < -0.4 is 10.1 Å². The second-order valence-corrected chi connectivity index (χ2v) is 11.1.